The van der Waals surface area contributed by atoms with Crippen LogP contribution in [0, 0.1) is 0 Å². The van der Waals surface area contributed by atoms with Gasteiger partial charge in [-0.1, -0.05) is 0 Å². The van der Waals surface area contributed by atoms with E-state index >= 15 is 0 Å². The highest BCUT2D eigenvalue weighted by Gasteiger charge is 2.40. The normalized spacial score (nSPS) is 11.6. The zero-order chi connectivity index (χ0) is 20.4. The highest BCUT2D eigenvalue weighted by molar-refractivity contribution is 6.60. The van der Waals surface area contributed by atoms with Crippen molar-refractivity contribution in [1.82, 2.24) is 5.06 Å². The highest BCUT2D eigenvalue weighted by atomic mass is 28.4. The fourth-order valence-corrected chi connectivity index (χ4v) is 4.89. The summed E-state index contributed by atoms with van der Waals surface area (Å²) in [5.74, 6) is 0. The van der Waals surface area contributed by atoms with Crippen LogP contribution in [0.3, 0.4) is 0 Å². The Morgan fingerprint density at radius 1 is 0.852 bits per heavy atom. The van der Waals surface area contributed by atoms with Crippen molar-refractivity contribution in [3.63, 3.8) is 0 Å². The van der Waals surface area contributed by atoms with Gasteiger partial charge in [-0.2, -0.15) is 5.06 Å². The van der Waals surface area contributed by atoms with Gasteiger partial charge in [0.15, 0.2) is 0 Å². The summed E-state index contributed by atoms with van der Waals surface area (Å²) in [6.45, 7) is 11.3. The zero-order valence-electron chi connectivity index (χ0n) is 17.5. The second kappa shape index (κ2) is 17.4. The summed E-state index contributed by atoms with van der Waals surface area (Å²) in [6.07, 6.45) is 0.0844. The molecule has 0 bridgehead atoms. The predicted octanol–water partition coefficient (Wildman–Crippen LogP) is 2.48. The van der Waals surface area contributed by atoms with Gasteiger partial charge in [0.05, 0.1) is 39.6 Å². The number of methoxy groups -OCH3 is 1. The summed E-state index contributed by atoms with van der Waals surface area (Å²) in [5.41, 5.74) is 0. The Morgan fingerprint density at radius 3 is 1.96 bits per heavy atom. The van der Waals surface area contributed by atoms with E-state index in [0.717, 1.165) is 0 Å². The molecule has 0 aromatic carbocycles. The fourth-order valence-electron chi connectivity index (χ4n) is 2.30. The van der Waals surface area contributed by atoms with Crippen molar-refractivity contribution in [2.24, 2.45) is 0 Å². The number of hydrogen-bond acceptors (Lipinski definition) is 8. The molecule has 0 aliphatic carbocycles. The Labute approximate surface area is 164 Å². The number of amides is 1. The average Bonchev–Trinajstić information content (AvgIpc) is 2.64. The largest absolute Gasteiger partial charge is 0.500 e. The van der Waals surface area contributed by atoms with Crippen LogP contribution in [0.1, 0.15) is 34.1 Å². The number of hydroxylamine groups is 2. The molecule has 0 unspecified atom stereocenters. The van der Waals surface area contributed by atoms with Gasteiger partial charge in [-0.25, -0.2) is 4.79 Å². The van der Waals surface area contributed by atoms with Gasteiger partial charge in [0.2, 0.25) is 0 Å². The summed E-state index contributed by atoms with van der Waals surface area (Å²) >= 11 is 0. The molecule has 162 valence electrons. The van der Waals surface area contributed by atoms with Crippen LogP contribution in [-0.4, -0.2) is 86.5 Å². The predicted molar refractivity (Wildman–Crippen MR) is 102 cm³/mol. The smallest absolute Gasteiger partial charge is 0.448 e. The lowest BCUT2D eigenvalue weighted by Crippen LogP contribution is -2.46. The van der Waals surface area contributed by atoms with Gasteiger partial charge in [0, 0.05) is 33.0 Å². The molecule has 0 aliphatic rings. The van der Waals surface area contributed by atoms with Crippen LogP contribution < -0.4 is 0 Å². The molecule has 0 radical (unpaired) electrons. The lowest BCUT2D eigenvalue weighted by molar-refractivity contribution is -0.148. The molecule has 0 aromatic rings. The average molecular weight is 412 g/mol. The second-order valence-electron chi connectivity index (χ2n) is 5.33. The molecular formula is C17H37NO8Si. The number of ether oxygens (including phenoxy) is 3. The van der Waals surface area contributed by atoms with Gasteiger partial charge in [-0.15, -0.1) is 0 Å². The molecule has 27 heavy (non-hydrogen) atoms. The van der Waals surface area contributed by atoms with E-state index in [0.29, 0.717) is 58.7 Å². The minimum atomic E-state index is -2.74. The first-order valence-corrected chi connectivity index (χ1v) is 11.6. The van der Waals surface area contributed by atoms with Crippen LogP contribution in [0.2, 0.25) is 6.04 Å². The second-order valence-corrected chi connectivity index (χ2v) is 8.06. The molecular weight excluding hydrogens is 374 g/mol. The lowest BCUT2D eigenvalue weighted by atomic mass is 10.5. The molecule has 0 aliphatic heterocycles. The Hall–Kier alpha value is -0.753. The number of hydrogen-bond donors (Lipinski definition) is 0. The summed E-state index contributed by atoms with van der Waals surface area (Å²) in [7, 11) is -1.13. The van der Waals surface area contributed by atoms with Gasteiger partial charge in [0.25, 0.3) is 0 Å². The van der Waals surface area contributed by atoms with Crippen LogP contribution in [0.5, 0.6) is 0 Å². The molecule has 10 heteroatoms. The molecule has 0 spiro atoms. The van der Waals surface area contributed by atoms with Gasteiger partial charge in [-0.3, -0.25) is 4.84 Å². The minimum Gasteiger partial charge on any atom is -0.448 e. The third-order valence-corrected chi connectivity index (χ3v) is 6.47. The van der Waals surface area contributed by atoms with Crippen LogP contribution in [-0.2, 0) is 32.3 Å². The maximum absolute atomic E-state index is 12.1. The summed E-state index contributed by atoms with van der Waals surface area (Å²) in [6, 6.07) is 0.589. The SMILES string of the molecule is CCOC(=O)N(CCC[Si](OCC)(OCC)OCC)OCCOCCOC. The zero-order valence-corrected chi connectivity index (χ0v) is 18.5. The molecule has 1 amide bonds. The number of nitrogens with zero attached hydrogens (tertiary/aromatic N) is 1. The van der Waals surface area contributed by atoms with Crippen LogP contribution in [0.4, 0.5) is 4.79 Å². The standard InChI is InChI=1S/C17H37NO8Si/c1-6-22-17(19)18(23-15-14-21-13-12-20-5)11-10-16-27(24-7-2,25-8-3)26-9-4/h6-16H2,1-5H3. The quantitative estimate of drug-likeness (QED) is 0.193. The lowest BCUT2D eigenvalue weighted by Gasteiger charge is -2.29. The monoisotopic (exact) mass is 411 g/mol. The van der Waals surface area contributed by atoms with E-state index in [1.807, 2.05) is 20.8 Å². The first kappa shape index (κ1) is 26.2. The van der Waals surface area contributed by atoms with Crippen LogP contribution in [0.25, 0.3) is 0 Å². The van der Waals surface area contributed by atoms with E-state index in [4.69, 9.17) is 32.3 Å². The number of carbonyl (C=O) groups is 1. The van der Waals surface area contributed by atoms with Gasteiger partial charge in [-0.05, 0) is 34.1 Å². The van der Waals surface area contributed by atoms with Gasteiger partial charge in [0.1, 0.15) is 0 Å². The molecule has 0 heterocycles. The van der Waals surface area contributed by atoms with Crippen molar-refractivity contribution in [3.8, 4) is 0 Å². The van der Waals surface area contributed by atoms with Gasteiger partial charge < -0.3 is 27.5 Å². The van der Waals surface area contributed by atoms with Crippen molar-refractivity contribution >= 4 is 14.9 Å². The third kappa shape index (κ3) is 12.3. The summed E-state index contributed by atoms with van der Waals surface area (Å²) < 4.78 is 32.8. The van der Waals surface area contributed by atoms with E-state index in [-0.39, 0.29) is 13.2 Å². The summed E-state index contributed by atoms with van der Waals surface area (Å²) in [5, 5.41) is 1.21. The summed E-state index contributed by atoms with van der Waals surface area (Å²) in [4.78, 5) is 17.6. The van der Waals surface area contributed by atoms with Crippen LogP contribution in [0.15, 0.2) is 0 Å². The van der Waals surface area contributed by atoms with E-state index < -0.39 is 14.9 Å². The maximum atomic E-state index is 12.1. The minimum absolute atomic E-state index is 0.244. The Bertz CT molecular complexity index is 345. The third-order valence-electron chi connectivity index (χ3n) is 3.31. The van der Waals surface area contributed by atoms with E-state index in [2.05, 4.69) is 0 Å². The highest BCUT2D eigenvalue weighted by Crippen LogP contribution is 2.18. The molecule has 0 fully saturated rings. The molecule has 9 nitrogen and oxygen atoms in total. The first-order valence-electron chi connectivity index (χ1n) is 9.64. The Balaban J connectivity index is 4.55. The van der Waals surface area contributed by atoms with E-state index in [9.17, 15) is 4.79 Å². The molecule has 0 atom stereocenters. The first-order chi connectivity index (χ1) is 13.1. The van der Waals surface area contributed by atoms with E-state index in [1.54, 1.807) is 14.0 Å². The fraction of sp³-hybridized carbons (Fsp3) is 0.941. The molecule has 0 rings (SSSR count). The van der Waals surface area contributed by atoms with Crippen molar-refractivity contribution in [2.45, 2.75) is 40.2 Å². The number of carbonyl (C=O) groups excluding carboxylic acids is 1. The van der Waals surface area contributed by atoms with Crippen molar-refractivity contribution in [3.05, 3.63) is 0 Å². The van der Waals surface area contributed by atoms with Crippen molar-refractivity contribution in [2.75, 3.05) is 66.5 Å². The molecule has 0 aromatic heterocycles. The molecule has 0 saturated carbocycles. The van der Waals surface area contributed by atoms with Crippen LogP contribution >= 0.6 is 0 Å². The van der Waals surface area contributed by atoms with Crippen molar-refractivity contribution in [1.29, 1.82) is 0 Å². The van der Waals surface area contributed by atoms with E-state index in [1.165, 1.54) is 5.06 Å². The molecule has 0 saturated heterocycles. The topological polar surface area (TPSA) is 84.9 Å². The molecule has 0 N–H and O–H groups in total. The van der Waals surface area contributed by atoms with Crippen molar-refractivity contribution < 1.29 is 37.1 Å². The number of rotatable bonds is 18. The van der Waals surface area contributed by atoms with Gasteiger partial charge >= 0.3 is 14.9 Å². The maximum Gasteiger partial charge on any atom is 0.500 e. The Morgan fingerprint density at radius 2 is 1.44 bits per heavy atom. The Kier molecular flexibility index (Phi) is 16.9.